The highest BCUT2D eigenvalue weighted by Crippen LogP contribution is 2.18. The molecule has 100 valence electrons. The third kappa shape index (κ3) is 2.58. The largest absolute Gasteiger partial charge is 0.316 e. The highest BCUT2D eigenvalue weighted by Gasteiger charge is 2.12. The van der Waals surface area contributed by atoms with Crippen LogP contribution in [0.15, 0.2) is 24.3 Å². The molecule has 2 aromatic rings. The Morgan fingerprint density at radius 2 is 2.11 bits per heavy atom. The lowest BCUT2D eigenvalue weighted by molar-refractivity contribution is 0.101. The van der Waals surface area contributed by atoms with E-state index in [1.807, 2.05) is 49.8 Å². The molecule has 0 unspecified atom stereocenters. The average Bonchev–Trinajstić information content (AvgIpc) is 2.67. The van der Waals surface area contributed by atoms with Gasteiger partial charge in [-0.3, -0.25) is 4.79 Å². The van der Waals surface area contributed by atoms with Gasteiger partial charge in [-0.1, -0.05) is 12.1 Å². The molecule has 1 heterocycles. The molecule has 0 atom stereocenters. The smallest absolute Gasteiger partial charge is 0.159 e. The molecule has 1 aromatic carbocycles. The number of nitrogens with one attached hydrogen (secondary N) is 1. The molecule has 0 amide bonds. The first-order valence-corrected chi connectivity index (χ1v) is 6.35. The van der Waals surface area contributed by atoms with Gasteiger partial charge in [-0.2, -0.15) is 5.10 Å². The maximum atomic E-state index is 11.4. The Kier molecular flexibility index (Phi) is 3.81. The van der Waals surface area contributed by atoms with Gasteiger partial charge in [-0.05, 0) is 40.0 Å². The quantitative estimate of drug-likeness (QED) is 0.856. The molecule has 0 saturated heterocycles. The van der Waals surface area contributed by atoms with Crippen molar-refractivity contribution in [2.24, 2.45) is 0 Å². The number of Topliss-reactive ketones (excluding diaryl/α,β-unsaturated/α-hetero) is 1. The molecule has 0 saturated carbocycles. The molecule has 0 spiro atoms. The lowest BCUT2D eigenvalue weighted by Crippen LogP contribution is -2.07. The van der Waals surface area contributed by atoms with Crippen molar-refractivity contribution in [1.29, 1.82) is 0 Å². The van der Waals surface area contributed by atoms with Gasteiger partial charge < -0.3 is 5.32 Å². The average molecular weight is 257 g/mol. The normalized spacial score (nSPS) is 10.7. The van der Waals surface area contributed by atoms with Crippen molar-refractivity contribution in [3.63, 3.8) is 0 Å². The number of hydrogen-bond donors (Lipinski definition) is 1. The molecule has 0 aliphatic carbocycles. The second-order valence-electron chi connectivity index (χ2n) is 4.70. The molecule has 0 radical (unpaired) electrons. The van der Waals surface area contributed by atoms with Gasteiger partial charge in [0.15, 0.2) is 5.78 Å². The highest BCUT2D eigenvalue weighted by molar-refractivity contribution is 5.94. The lowest BCUT2D eigenvalue weighted by Gasteiger charge is -2.06. The van der Waals surface area contributed by atoms with Gasteiger partial charge in [-0.25, -0.2) is 4.68 Å². The topological polar surface area (TPSA) is 46.9 Å². The van der Waals surface area contributed by atoms with E-state index in [0.717, 1.165) is 23.6 Å². The molecule has 0 aliphatic heterocycles. The zero-order valence-electron chi connectivity index (χ0n) is 11.8. The fourth-order valence-electron chi connectivity index (χ4n) is 2.22. The van der Waals surface area contributed by atoms with Crippen molar-refractivity contribution >= 4 is 5.78 Å². The van der Waals surface area contributed by atoms with Crippen LogP contribution < -0.4 is 5.32 Å². The van der Waals surface area contributed by atoms with Crippen LogP contribution in [0.4, 0.5) is 0 Å². The summed E-state index contributed by atoms with van der Waals surface area (Å²) in [6, 6.07) is 7.56. The minimum atomic E-state index is 0.0684. The van der Waals surface area contributed by atoms with E-state index >= 15 is 0 Å². The van der Waals surface area contributed by atoms with E-state index in [4.69, 9.17) is 0 Å². The SMILES string of the molecule is CNCc1c(C)nn(-c2cccc(C(C)=O)c2)c1C. The first kappa shape index (κ1) is 13.5. The Labute approximate surface area is 113 Å². The lowest BCUT2D eigenvalue weighted by atomic mass is 10.1. The van der Waals surface area contributed by atoms with Crippen LogP contribution in [0.5, 0.6) is 0 Å². The highest BCUT2D eigenvalue weighted by atomic mass is 16.1. The minimum Gasteiger partial charge on any atom is -0.316 e. The summed E-state index contributed by atoms with van der Waals surface area (Å²) >= 11 is 0. The van der Waals surface area contributed by atoms with E-state index in [2.05, 4.69) is 10.4 Å². The molecule has 4 nitrogen and oxygen atoms in total. The summed E-state index contributed by atoms with van der Waals surface area (Å²) in [6.45, 7) is 6.43. The van der Waals surface area contributed by atoms with E-state index < -0.39 is 0 Å². The summed E-state index contributed by atoms with van der Waals surface area (Å²) in [4.78, 5) is 11.4. The van der Waals surface area contributed by atoms with Crippen molar-refractivity contribution in [2.75, 3.05) is 7.05 Å². The summed E-state index contributed by atoms with van der Waals surface area (Å²) in [5.74, 6) is 0.0684. The van der Waals surface area contributed by atoms with Crippen molar-refractivity contribution < 1.29 is 4.79 Å². The van der Waals surface area contributed by atoms with Crippen LogP contribution in [0, 0.1) is 13.8 Å². The Hall–Kier alpha value is -1.94. The molecule has 0 aliphatic rings. The zero-order chi connectivity index (χ0) is 14.0. The van der Waals surface area contributed by atoms with Crippen LogP contribution in [-0.4, -0.2) is 22.6 Å². The van der Waals surface area contributed by atoms with E-state index in [9.17, 15) is 4.79 Å². The molecule has 1 N–H and O–H groups in total. The van der Waals surface area contributed by atoms with Crippen molar-refractivity contribution in [1.82, 2.24) is 15.1 Å². The fourth-order valence-corrected chi connectivity index (χ4v) is 2.22. The summed E-state index contributed by atoms with van der Waals surface area (Å²) in [7, 11) is 1.92. The third-order valence-corrected chi connectivity index (χ3v) is 3.29. The van der Waals surface area contributed by atoms with E-state index in [0.29, 0.717) is 5.56 Å². The van der Waals surface area contributed by atoms with Gasteiger partial charge in [0.25, 0.3) is 0 Å². The minimum absolute atomic E-state index is 0.0684. The fraction of sp³-hybridized carbons (Fsp3) is 0.333. The maximum absolute atomic E-state index is 11.4. The van der Waals surface area contributed by atoms with Crippen LogP contribution in [0.2, 0.25) is 0 Å². The second-order valence-corrected chi connectivity index (χ2v) is 4.70. The Morgan fingerprint density at radius 1 is 1.37 bits per heavy atom. The van der Waals surface area contributed by atoms with Gasteiger partial charge in [-0.15, -0.1) is 0 Å². The summed E-state index contributed by atoms with van der Waals surface area (Å²) < 4.78 is 1.90. The number of aromatic nitrogens is 2. The number of nitrogens with zero attached hydrogens (tertiary/aromatic N) is 2. The van der Waals surface area contributed by atoms with Crippen LogP contribution >= 0.6 is 0 Å². The molecule has 4 heteroatoms. The van der Waals surface area contributed by atoms with Crippen LogP contribution in [0.1, 0.15) is 34.2 Å². The molecule has 1 aromatic heterocycles. The second kappa shape index (κ2) is 5.36. The zero-order valence-corrected chi connectivity index (χ0v) is 11.8. The predicted molar refractivity (Wildman–Crippen MR) is 75.8 cm³/mol. The molecule has 0 fully saturated rings. The molecular formula is C15H19N3O. The summed E-state index contributed by atoms with van der Waals surface area (Å²) in [5.41, 5.74) is 4.96. The first-order chi connectivity index (χ1) is 9.04. The van der Waals surface area contributed by atoms with Crippen LogP contribution in [0.25, 0.3) is 5.69 Å². The maximum Gasteiger partial charge on any atom is 0.159 e. The number of carbonyl (C=O) groups excluding carboxylic acids is 1. The third-order valence-electron chi connectivity index (χ3n) is 3.29. The first-order valence-electron chi connectivity index (χ1n) is 6.35. The van der Waals surface area contributed by atoms with Gasteiger partial charge in [0.05, 0.1) is 11.4 Å². The number of ketones is 1. The van der Waals surface area contributed by atoms with Crippen LogP contribution in [-0.2, 0) is 6.54 Å². The van der Waals surface area contributed by atoms with Crippen molar-refractivity contribution in [3.05, 3.63) is 46.8 Å². The molecule has 2 rings (SSSR count). The predicted octanol–water partition coefficient (Wildman–Crippen LogP) is 2.41. The number of carbonyl (C=O) groups is 1. The van der Waals surface area contributed by atoms with E-state index in [-0.39, 0.29) is 5.78 Å². The Balaban J connectivity index is 2.50. The van der Waals surface area contributed by atoms with Gasteiger partial charge in [0.2, 0.25) is 0 Å². The number of aryl methyl sites for hydroxylation is 1. The summed E-state index contributed by atoms with van der Waals surface area (Å²) in [5, 5.41) is 7.72. The number of hydrogen-bond acceptors (Lipinski definition) is 3. The van der Waals surface area contributed by atoms with Crippen LogP contribution in [0.3, 0.4) is 0 Å². The molecular weight excluding hydrogens is 238 g/mol. The van der Waals surface area contributed by atoms with Gasteiger partial charge >= 0.3 is 0 Å². The van der Waals surface area contributed by atoms with E-state index in [1.54, 1.807) is 6.92 Å². The Bertz CT molecular complexity index is 614. The molecule has 0 bridgehead atoms. The van der Waals surface area contributed by atoms with Crippen molar-refractivity contribution in [3.8, 4) is 5.69 Å². The molecule has 19 heavy (non-hydrogen) atoms. The van der Waals surface area contributed by atoms with E-state index in [1.165, 1.54) is 5.56 Å². The number of benzene rings is 1. The Morgan fingerprint density at radius 3 is 2.74 bits per heavy atom. The standard InChI is InChI=1S/C15H19N3O/c1-10-15(9-16-4)11(2)18(17-10)14-7-5-6-13(8-14)12(3)19/h5-8,16H,9H2,1-4H3. The van der Waals surface area contributed by atoms with Gasteiger partial charge in [0, 0.05) is 23.4 Å². The number of rotatable bonds is 4. The monoisotopic (exact) mass is 257 g/mol. The van der Waals surface area contributed by atoms with Crippen molar-refractivity contribution in [2.45, 2.75) is 27.3 Å². The van der Waals surface area contributed by atoms with Gasteiger partial charge in [0.1, 0.15) is 0 Å². The summed E-state index contributed by atoms with van der Waals surface area (Å²) in [6.07, 6.45) is 0.